The van der Waals surface area contributed by atoms with Crippen molar-refractivity contribution >= 4 is 17.3 Å². The smallest absolute Gasteiger partial charge is 0.306 e. The van der Waals surface area contributed by atoms with Crippen molar-refractivity contribution in [2.75, 3.05) is 32.2 Å². The Balaban J connectivity index is 3.00. The molecule has 0 heterocycles. The Hall–Kier alpha value is -2.19. The quantitative estimate of drug-likeness (QED) is 0.334. The highest BCUT2D eigenvalue weighted by atomic mass is 16.6. The first kappa shape index (κ1) is 15.9. The van der Waals surface area contributed by atoms with E-state index in [4.69, 9.17) is 10.6 Å². The zero-order chi connectivity index (χ0) is 15.1. The van der Waals surface area contributed by atoms with Crippen molar-refractivity contribution in [3.05, 3.63) is 33.9 Å². The van der Waals surface area contributed by atoms with E-state index in [1.54, 1.807) is 7.05 Å². The summed E-state index contributed by atoms with van der Waals surface area (Å²) in [5.74, 6) is 4.78. The number of nitrogen functional groups attached to an aromatic ring is 1. The third-order valence-electron chi connectivity index (χ3n) is 2.73. The number of ether oxygens (including phenoxy) is 1. The van der Waals surface area contributed by atoms with Crippen molar-refractivity contribution in [3.8, 4) is 0 Å². The summed E-state index contributed by atoms with van der Waals surface area (Å²) >= 11 is 0. The lowest BCUT2D eigenvalue weighted by molar-refractivity contribution is -0.384. The Kier molecular flexibility index (Phi) is 5.88. The number of nitrogens with zero attached hydrogens (tertiary/aromatic N) is 2. The van der Waals surface area contributed by atoms with Gasteiger partial charge in [0.15, 0.2) is 0 Å². The molecule has 0 unspecified atom stereocenters. The van der Waals surface area contributed by atoms with Crippen LogP contribution in [-0.4, -0.2) is 42.5 Å². The van der Waals surface area contributed by atoms with Crippen LogP contribution in [0.3, 0.4) is 0 Å². The van der Waals surface area contributed by atoms with E-state index in [9.17, 15) is 14.9 Å². The van der Waals surface area contributed by atoms with Crippen LogP contribution in [-0.2, 0) is 4.74 Å². The molecule has 1 rings (SSSR count). The molecule has 8 heteroatoms. The zero-order valence-corrected chi connectivity index (χ0v) is 11.5. The van der Waals surface area contributed by atoms with Crippen LogP contribution < -0.4 is 11.3 Å². The first-order chi connectivity index (χ1) is 9.52. The number of carbonyl (C=O) groups excluding carboxylic acids is 1. The highest BCUT2D eigenvalue weighted by Crippen LogP contribution is 2.28. The fourth-order valence-corrected chi connectivity index (χ4v) is 1.68. The molecule has 0 aliphatic carbocycles. The van der Waals surface area contributed by atoms with Gasteiger partial charge in [0.1, 0.15) is 11.3 Å². The number of nitro benzene ring substituents is 1. The number of likely N-dealkylation sites (N-methyl/N-ethyl adjacent to an activating group) is 1. The summed E-state index contributed by atoms with van der Waals surface area (Å²) in [5, 5.41) is 11.1. The van der Waals surface area contributed by atoms with Crippen molar-refractivity contribution in [1.29, 1.82) is 0 Å². The van der Waals surface area contributed by atoms with Crippen LogP contribution >= 0.6 is 0 Å². The van der Waals surface area contributed by atoms with Crippen molar-refractivity contribution in [3.63, 3.8) is 0 Å². The Morgan fingerprint density at radius 1 is 1.55 bits per heavy atom. The van der Waals surface area contributed by atoms with Gasteiger partial charge < -0.3 is 15.1 Å². The molecular formula is C12H18N4O4. The number of nitrogens with two attached hydrogens (primary N) is 1. The van der Waals surface area contributed by atoms with Gasteiger partial charge in [-0.1, -0.05) is 6.07 Å². The average molecular weight is 282 g/mol. The third kappa shape index (κ3) is 3.65. The molecule has 1 aromatic rings. The van der Waals surface area contributed by atoms with E-state index in [0.717, 1.165) is 0 Å². The Bertz CT molecular complexity index is 492. The minimum Gasteiger partial charge on any atom is -0.380 e. The second-order valence-electron chi connectivity index (χ2n) is 4.03. The first-order valence-corrected chi connectivity index (χ1v) is 6.10. The number of hydrogen-bond donors (Lipinski definition) is 2. The Labute approximate surface area is 116 Å². The molecule has 110 valence electrons. The molecule has 0 fully saturated rings. The van der Waals surface area contributed by atoms with Gasteiger partial charge in [-0.25, -0.2) is 0 Å². The zero-order valence-electron chi connectivity index (χ0n) is 11.5. The fraction of sp³-hybridized carbons (Fsp3) is 0.417. The lowest BCUT2D eigenvalue weighted by atomic mass is 10.1. The summed E-state index contributed by atoms with van der Waals surface area (Å²) in [5.41, 5.74) is 1.98. The van der Waals surface area contributed by atoms with E-state index < -0.39 is 10.8 Å². The predicted octanol–water partition coefficient (Wildman–Crippen LogP) is 0.989. The Morgan fingerprint density at radius 3 is 2.80 bits per heavy atom. The molecule has 0 aliphatic rings. The second-order valence-corrected chi connectivity index (χ2v) is 4.03. The summed E-state index contributed by atoms with van der Waals surface area (Å²) in [6, 6.07) is 4.37. The minimum absolute atomic E-state index is 0.00977. The summed E-state index contributed by atoms with van der Waals surface area (Å²) in [6.45, 7) is 3.13. The lowest BCUT2D eigenvalue weighted by Crippen LogP contribution is -2.31. The molecule has 1 aromatic carbocycles. The summed E-state index contributed by atoms with van der Waals surface area (Å²) in [4.78, 5) is 24.1. The average Bonchev–Trinajstić information content (AvgIpc) is 2.45. The van der Waals surface area contributed by atoms with Gasteiger partial charge in [-0.15, -0.1) is 0 Å². The number of amides is 1. The van der Waals surface area contributed by atoms with E-state index in [2.05, 4.69) is 5.43 Å². The second kappa shape index (κ2) is 7.41. The lowest BCUT2D eigenvalue weighted by Gasteiger charge is -2.17. The van der Waals surface area contributed by atoms with Gasteiger partial charge in [0.2, 0.25) is 0 Å². The monoisotopic (exact) mass is 282 g/mol. The number of carbonyl (C=O) groups is 1. The van der Waals surface area contributed by atoms with Crippen LogP contribution in [0, 0.1) is 10.1 Å². The molecule has 20 heavy (non-hydrogen) atoms. The normalized spacial score (nSPS) is 10.2. The van der Waals surface area contributed by atoms with Crippen LogP contribution in [0.4, 0.5) is 11.4 Å². The van der Waals surface area contributed by atoms with Crippen LogP contribution in [0.15, 0.2) is 18.2 Å². The summed E-state index contributed by atoms with van der Waals surface area (Å²) in [7, 11) is 1.56. The maximum atomic E-state index is 12.2. The van der Waals surface area contributed by atoms with E-state index in [1.165, 1.54) is 23.1 Å². The van der Waals surface area contributed by atoms with E-state index >= 15 is 0 Å². The van der Waals surface area contributed by atoms with Crippen molar-refractivity contribution in [2.24, 2.45) is 5.84 Å². The molecule has 0 atom stereocenters. The number of benzene rings is 1. The van der Waals surface area contributed by atoms with Crippen molar-refractivity contribution in [1.82, 2.24) is 4.90 Å². The molecule has 0 bridgehead atoms. The van der Waals surface area contributed by atoms with Gasteiger partial charge in [0, 0.05) is 20.2 Å². The van der Waals surface area contributed by atoms with Crippen molar-refractivity contribution in [2.45, 2.75) is 6.92 Å². The largest absolute Gasteiger partial charge is 0.380 e. The highest BCUT2D eigenvalue weighted by Gasteiger charge is 2.26. The van der Waals surface area contributed by atoms with Gasteiger partial charge in [-0.2, -0.15) is 0 Å². The van der Waals surface area contributed by atoms with E-state index in [-0.39, 0.29) is 16.9 Å². The first-order valence-electron chi connectivity index (χ1n) is 6.10. The van der Waals surface area contributed by atoms with Crippen LogP contribution in [0.1, 0.15) is 17.3 Å². The standard InChI is InChI=1S/C12H18N4O4/c1-3-20-8-7-15(2)12(17)9-5-4-6-10(14-13)11(9)16(18)19/h4-6,14H,3,7-8,13H2,1-2H3. The molecule has 0 saturated carbocycles. The van der Waals surface area contributed by atoms with Gasteiger partial charge in [-0.3, -0.25) is 20.8 Å². The molecular weight excluding hydrogens is 264 g/mol. The molecule has 0 radical (unpaired) electrons. The molecule has 0 aromatic heterocycles. The topological polar surface area (TPSA) is 111 Å². The maximum absolute atomic E-state index is 12.2. The molecule has 0 spiro atoms. The minimum atomic E-state index is -0.626. The number of hydrazine groups is 1. The number of hydrogen-bond acceptors (Lipinski definition) is 6. The van der Waals surface area contributed by atoms with Crippen molar-refractivity contribution < 1.29 is 14.5 Å². The maximum Gasteiger partial charge on any atom is 0.306 e. The van der Waals surface area contributed by atoms with Gasteiger partial charge in [-0.05, 0) is 19.1 Å². The van der Waals surface area contributed by atoms with Crippen LogP contribution in [0.2, 0.25) is 0 Å². The van der Waals surface area contributed by atoms with Crippen LogP contribution in [0.5, 0.6) is 0 Å². The SMILES string of the molecule is CCOCCN(C)C(=O)c1cccc(NN)c1[N+](=O)[O-]. The number of nitrogens with one attached hydrogen (secondary N) is 1. The van der Waals surface area contributed by atoms with E-state index in [1.807, 2.05) is 6.92 Å². The molecule has 8 nitrogen and oxygen atoms in total. The number of rotatable bonds is 7. The molecule has 0 aliphatic heterocycles. The number of anilines is 1. The summed E-state index contributed by atoms with van der Waals surface area (Å²) < 4.78 is 5.15. The Morgan fingerprint density at radius 2 is 2.25 bits per heavy atom. The van der Waals surface area contributed by atoms with Crippen LogP contribution in [0.25, 0.3) is 0 Å². The van der Waals surface area contributed by atoms with Gasteiger partial charge in [0.05, 0.1) is 11.5 Å². The fourth-order valence-electron chi connectivity index (χ4n) is 1.68. The highest BCUT2D eigenvalue weighted by molar-refractivity contribution is 6.00. The number of nitro groups is 1. The third-order valence-corrected chi connectivity index (χ3v) is 2.73. The van der Waals surface area contributed by atoms with Gasteiger partial charge >= 0.3 is 5.69 Å². The van der Waals surface area contributed by atoms with E-state index in [0.29, 0.717) is 19.8 Å². The molecule has 1 amide bonds. The number of para-hydroxylation sites is 1. The molecule has 3 N–H and O–H groups in total. The molecule has 0 saturated heterocycles. The van der Waals surface area contributed by atoms with Gasteiger partial charge in [0.25, 0.3) is 5.91 Å². The predicted molar refractivity (Wildman–Crippen MR) is 74.4 cm³/mol. The summed E-state index contributed by atoms with van der Waals surface area (Å²) in [6.07, 6.45) is 0.